The van der Waals surface area contributed by atoms with Gasteiger partial charge in [-0.05, 0) is 24.9 Å². The smallest absolute Gasteiger partial charge is 0.328 e. The Labute approximate surface area is 119 Å². The minimum Gasteiger partial charge on any atom is -0.468 e. The first-order valence-electron chi connectivity index (χ1n) is 6.22. The van der Waals surface area contributed by atoms with E-state index in [-0.39, 0.29) is 18.4 Å². The van der Waals surface area contributed by atoms with Gasteiger partial charge in [-0.25, -0.2) is 4.79 Å². The molecule has 1 N–H and O–H groups in total. The van der Waals surface area contributed by atoms with Crippen LogP contribution in [-0.2, 0) is 20.9 Å². The van der Waals surface area contributed by atoms with Crippen LogP contribution >= 0.6 is 12.4 Å². The van der Waals surface area contributed by atoms with Crippen LogP contribution in [0.4, 0.5) is 0 Å². The third-order valence-electron chi connectivity index (χ3n) is 3.28. The summed E-state index contributed by atoms with van der Waals surface area (Å²) in [6.07, 6.45) is 1.75. The van der Waals surface area contributed by atoms with Gasteiger partial charge in [-0.15, -0.1) is 12.4 Å². The largest absolute Gasteiger partial charge is 0.468 e. The number of halogens is 1. The van der Waals surface area contributed by atoms with Gasteiger partial charge < -0.3 is 9.47 Å². The van der Waals surface area contributed by atoms with Crippen LogP contribution in [0.25, 0.3) is 0 Å². The van der Waals surface area contributed by atoms with E-state index in [1.807, 2.05) is 30.3 Å². The molecule has 1 heterocycles. The quantitative estimate of drug-likeness (QED) is 0.840. The van der Waals surface area contributed by atoms with Crippen molar-refractivity contribution in [2.75, 3.05) is 20.3 Å². The van der Waals surface area contributed by atoms with Crippen molar-refractivity contribution in [3.05, 3.63) is 35.9 Å². The number of hydrogen-bond acceptors (Lipinski definition) is 4. The SMILES string of the molecule is COC(=O)C1(COCc2ccccc2)CCCN1.Cl. The summed E-state index contributed by atoms with van der Waals surface area (Å²) >= 11 is 0. The average Bonchev–Trinajstić information content (AvgIpc) is 2.89. The van der Waals surface area contributed by atoms with Crippen LogP contribution in [0.2, 0.25) is 0 Å². The van der Waals surface area contributed by atoms with Gasteiger partial charge in [-0.1, -0.05) is 30.3 Å². The minimum absolute atomic E-state index is 0. The zero-order chi connectivity index (χ0) is 12.8. The van der Waals surface area contributed by atoms with Crippen LogP contribution < -0.4 is 5.32 Å². The molecule has 1 unspecified atom stereocenters. The Morgan fingerprint density at radius 3 is 2.68 bits per heavy atom. The van der Waals surface area contributed by atoms with Gasteiger partial charge in [0, 0.05) is 0 Å². The summed E-state index contributed by atoms with van der Waals surface area (Å²) in [5.74, 6) is -0.229. The highest BCUT2D eigenvalue weighted by molar-refractivity contribution is 5.85. The predicted octanol–water partition coefficient (Wildman–Crippen LogP) is 1.92. The van der Waals surface area contributed by atoms with E-state index >= 15 is 0 Å². The predicted molar refractivity (Wildman–Crippen MR) is 75.3 cm³/mol. The summed E-state index contributed by atoms with van der Waals surface area (Å²) in [4.78, 5) is 11.8. The number of ether oxygens (including phenoxy) is 2. The fourth-order valence-corrected chi connectivity index (χ4v) is 2.28. The number of esters is 1. The maximum Gasteiger partial charge on any atom is 0.328 e. The van der Waals surface area contributed by atoms with Gasteiger partial charge in [-0.3, -0.25) is 5.32 Å². The second-order valence-corrected chi connectivity index (χ2v) is 4.58. The zero-order valence-corrected chi connectivity index (χ0v) is 11.9. The third-order valence-corrected chi connectivity index (χ3v) is 3.28. The Bertz CT molecular complexity index is 391. The maximum atomic E-state index is 11.8. The maximum absolute atomic E-state index is 11.8. The molecule has 1 aliphatic heterocycles. The molecule has 0 radical (unpaired) electrons. The number of rotatable bonds is 5. The molecule has 106 valence electrons. The molecular weight excluding hydrogens is 266 g/mol. The highest BCUT2D eigenvalue weighted by atomic mass is 35.5. The summed E-state index contributed by atoms with van der Waals surface area (Å²) in [6, 6.07) is 9.93. The lowest BCUT2D eigenvalue weighted by Crippen LogP contribution is -2.52. The first-order valence-corrected chi connectivity index (χ1v) is 6.22. The monoisotopic (exact) mass is 285 g/mol. The van der Waals surface area contributed by atoms with E-state index in [1.165, 1.54) is 7.11 Å². The molecule has 2 rings (SSSR count). The van der Waals surface area contributed by atoms with Crippen LogP contribution in [-0.4, -0.2) is 31.8 Å². The Balaban J connectivity index is 0.00000180. The Hall–Kier alpha value is -1.10. The zero-order valence-electron chi connectivity index (χ0n) is 11.1. The van der Waals surface area contributed by atoms with Crippen molar-refractivity contribution in [3.63, 3.8) is 0 Å². The van der Waals surface area contributed by atoms with Gasteiger partial charge >= 0.3 is 5.97 Å². The second kappa shape index (κ2) is 7.48. The average molecular weight is 286 g/mol. The molecule has 0 aliphatic carbocycles. The molecular formula is C14H20ClNO3. The summed E-state index contributed by atoms with van der Waals surface area (Å²) < 4.78 is 10.5. The highest BCUT2D eigenvalue weighted by Gasteiger charge is 2.42. The van der Waals surface area contributed by atoms with Gasteiger partial charge in [0.15, 0.2) is 0 Å². The molecule has 1 aromatic rings. The molecule has 0 bridgehead atoms. The molecule has 1 aliphatic rings. The molecule has 0 aromatic heterocycles. The van der Waals surface area contributed by atoms with E-state index in [4.69, 9.17) is 9.47 Å². The summed E-state index contributed by atoms with van der Waals surface area (Å²) in [7, 11) is 1.42. The van der Waals surface area contributed by atoms with Gasteiger partial charge in [0.1, 0.15) is 5.54 Å². The number of carbonyl (C=O) groups excluding carboxylic acids is 1. The van der Waals surface area contributed by atoms with Gasteiger partial charge in [0.25, 0.3) is 0 Å². The van der Waals surface area contributed by atoms with Crippen LogP contribution in [0.5, 0.6) is 0 Å². The highest BCUT2D eigenvalue weighted by Crippen LogP contribution is 2.21. The molecule has 0 spiro atoms. The topological polar surface area (TPSA) is 47.6 Å². The van der Waals surface area contributed by atoms with Gasteiger partial charge in [0.05, 0.1) is 20.3 Å². The van der Waals surface area contributed by atoms with E-state index in [1.54, 1.807) is 0 Å². The van der Waals surface area contributed by atoms with Crippen molar-refractivity contribution in [1.29, 1.82) is 0 Å². The molecule has 0 amide bonds. The summed E-state index contributed by atoms with van der Waals surface area (Å²) in [5, 5.41) is 3.21. The Kier molecular flexibility index (Phi) is 6.28. The molecule has 19 heavy (non-hydrogen) atoms. The number of nitrogens with one attached hydrogen (secondary N) is 1. The normalized spacial score (nSPS) is 21.7. The molecule has 4 nitrogen and oxygen atoms in total. The second-order valence-electron chi connectivity index (χ2n) is 4.58. The number of benzene rings is 1. The lowest BCUT2D eigenvalue weighted by molar-refractivity contribution is -0.151. The van der Waals surface area contributed by atoms with E-state index in [2.05, 4.69) is 5.32 Å². The summed E-state index contributed by atoms with van der Waals surface area (Å²) in [5.41, 5.74) is 0.458. The number of carbonyl (C=O) groups is 1. The van der Waals surface area contributed by atoms with Crippen LogP contribution in [0.3, 0.4) is 0 Å². The number of methoxy groups -OCH3 is 1. The van der Waals surface area contributed by atoms with Crippen molar-refractivity contribution in [3.8, 4) is 0 Å². The number of hydrogen-bond donors (Lipinski definition) is 1. The standard InChI is InChI=1S/C14H19NO3.ClH/c1-17-13(16)14(8-5-9-15-14)11-18-10-12-6-3-2-4-7-12;/h2-4,6-7,15H,5,8-11H2,1H3;1H. The lowest BCUT2D eigenvalue weighted by Gasteiger charge is -2.26. The third kappa shape index (κ3) is 3.93. The first-order chi connectivity index (χ1) is 8.77. The Morgan fingerprint density at radius 1 is 1.37 bits per heavy atom. The molecule has 1 aromatic carbocycles. The van der Waals surface area contributed by atoms with Crippen molar-refractivity contribution < 1.29 is 14.3 Å². The Morgan fingerprint density at radius 2 is 2.11 bits per heavy atom. The fraction of sp³-hybridized carbons (Fsp3) is 0.500. The van der Waals surface area contributed by atoms with Crippen molar-refractivity contribution in [2.24, 2.45) is 0 Å². The van der Waals surface area contributed by atoms with Crippen molar-refractivity contribution in [1.82, 2.24) is 5.32 Å². The lowest BCUT2D eigenvalue weighted by atomic mass is 9.99. The molecule has 1 atom stereocenters. The molecule has 0 saturated carbocycles. The minimum atomic E-state index is -0.649. The molecule has 1 saturated heterocycles. The first kappa shape index (κ1) is 16.0. The van der Waals surface area contributed by atoms with Crippen molar-refractivity contribution in [2.45, 2.75) is 25.0 Å². The van der Waals surface area contributed by atoms with Gasteiger partial charge in [0.2, 0.25) is 0 Å². The van der Waals surface area contributed by atoms with E-state index < -0.39 is 5.54 Å². The summed E-state index contributed by atoms with van der Waals surface area (Å²) in [6.45, 7) is 1.71. The van der Waals surface area contributed by atoms with Crippen LogP contribution in [0.1, 0.15) is 18.4 Å². The van der Waals surface area contributed by atoms with Gasteiger partial charge in [-0.2, -0.15) is 0 Å². The van der Waals surface area contributed by atoms with Crippen LogP contribution in [0.15, 0.2) is 30.3 Å². The molecule has 1 fully saturated rings. The van der Waals surface area contributed by atoms with Crippen molar-refractivity contribution >= 4 is 18.4 Å². The van der Waals surface area contributed by atoms with Crippen LogP contribution in [0, 0.1) is 0 Å². The van der Waals surface area contributed by atoms with E-state index in [0.29, 0.717) is 13.2 Å². The van der Waals surface area contributed by atoms with E-state index in [0.717, 1.165) is 24.9 Å². The molecule has 5 heteroatoms. The fourth-order valence-electron chi connectivity index (χ4n) is 2.28. The van der Waals surface area contributed by atoms with E-state index in [9.17, 15) is 4.79 Å².